The molecule has 1 aliphatic heterocycles. The Morgan fingerprint density at radius 2 is 1.73 bits per heavy atom. The van der Waals surface area contributed by atoms with Crippen molar-refractivity contribution in [2.24, 2.45) is 17.8 Å². The lowest BCUT2D eigenvalue weighted by molar-refractivity contribution is -0.149. The number of nitrogens with one attached hydrogen (secondary N) is 3. The van der Waals surface area contributed by atoms with Crippen LogP contribution in [0.2, 0.25) is 0 Å². The molecule has 1 aromatic rings. The predicted molar refractivity (Wildman–Crippen MR) is 221 cm³/mol. The number of nitrogens with zero attached hydrogens (tertiary/aromatic N) is 1. The number of esters is 1. The number of rotatable bonds is 24. The summed E-state index contributed by atoms with van der Waals surface area (Å²) >= 11 is 0. The van der Waals surface area contributed by atoms with Crippen molar-refractivity contribution in [1.82, 2.24) is 21.1 Å². The van der Waals surface area contributed by atoms with E-state index in [4.69, 9.17) is 4.74 Å². The number of aliphatic hydroxyl groups excluding tert-OH is 1. The van der Waals surface area contributed by atoms with Gasteiger partial charge in [0, 0.05) is 31.5 Å². The minimum Gasteiger partial charge on any atom is -0.508 e. The molecule has 14 nitrogen and oxygen atoms in total. The number of Topliss-reactive ketones (excluding diaryl/α,β-unsaturated/α-hetero) is 1. The first-order chi connectivity index (χ1) is 27.9. The van der Waals surface area contributed by atoms with Crippen LogP contribution in [0.5, 0.6) is 5.75 Å². The fourth-order valence-electron chi connectivity index (χ4n) is 6.33. The molecular weight excluding hydrogens is 764 g/mol. The summed E-state index contributed by atoms with van der Waals surface area (Å²) in [5.74, 6) is -7.05. The van der Waals surface area contributed by atoms with E-state index >= 15 is 0 Å². The van der Waals surface area contributed by atoms with Crippen LogP contribution in [0.15, 0.2) is 79.0 Å². The van der Waals surface area contributed by atoms with Crippen molar-refractivity contribution in [2.45, 2.75) is 110 Å². The molecule has 0 bridgehead atoms. The maximum Gasteiger partial charge on any atom is 0.331 e. The zero-order valence-corrected chi connectivity index (χ0v) is 34.7. The highest BCUT2D eigenvalue weighted by Crippen LogP contribution is 2.23. The molecule has 3 amide bonds. The third-order valence-corrected chi connectivity index (χ3v) is 9.69. The average molecular weight is 825 g/mol. The Morgan fingerprint density at radius 1 is 1.02 bits per heavy atom. The van der Waals surface area contributed by atoms with Gasteiger partial charge in [-0.1, -0.05) is 75.5 Å². The number of carboxylic acids is 1. The number of amides is 3. The van der Waals surface area contributed by atoms with E-state index < -0.39 is 83.2 Å². The Labute approximate surface area is 346 Å². The van der Waals surface area contributed by atoms with Crippen molar-refractivity contribution in [1.29, 1.82) is 0 Å². The number of halogens is 1. The maximum absolute atomic E-state index is 14.2. The number of phenolic OH excluding ortho intramolecular Hbond substituents is 1. The molecule has 0 aromatic heterocycles. The smallest absolute Gasteiger partial charge is 0.331 e. The van der Waals surface area contributed by atoms with Gasteiger partial charge in [0.1, 0.15) is 42.1 Å². The van der Waals surface area contributed by atoms with Crippen LogP contribution in [0.4, 0.5) is 4.39 Å². The molecule has 15 heteroatoms. The van der Waals surface area contributed by atoms with Gasteiger partial charge in [-0.05, 0) is 81.9 Å². The van der Waals surface area contributed by atoms with Crippen LogP contribution in [0.1, 0.15) is 85.1 Å². The van der Waals surface area contributed by atoms with Crippen LogP contribution in [-0.4, -0.2) is 93.2 Å². The Kier molecular flexibility index (Phi) is 21.8. The number of ether oxygens (including phenoxy) is 1. The van der Waals surface area contributed by atoms with Gasteiger partial charge in [0.05, 0.1) is 12.0 Å². The van der Waals surface area contributed by atoms with Crippen molar-refractivity contribution in [3.63, 3.8) is 0 Å². The van der Waals surface area contributed by atoms with Crippen LogP contribution in [0.3, 0.4) is 0 Å². The van der Waals surface area contributed by atoms with Crippen LogP contribution in [-0.2, 0) is 39.9 Å². The highest BCUT2D eigenvalue weighted by molar-refractivity contribution is 5.93. The zero-order chi connectivity index (χ0) is 44.1. The van der Waals surface area contributed by atoms with Gasteiger partial charge in [0.25, 0.3) is 5.91 Å². The highest BCUT2D eigenvalue weighted by atomic mass is 19.1. The van der Waals surface area contributed by atoms with Crippen LogP contribution in [0, 0.1) is 23.6 Å². The Bertz CT molecular complexity index is 1720. The van der Waals surface area contributed by atoms with E-state index in [1.807, 2.05) is 37.3 Å². The lowest BCUT2D eigenvalue weighted by Gasteiger charge is -2.35. The highest BCUT2D eigenvalue weighted by Gasteiger charge is 2.37. The Morgan fingerprint density at radius 3 is 2.37 bits per heavy atom. The topological polar surface area (TPSA) is 212 Å². The summed E-state index contributed by atoms with van der Waals surface area (Å²) in [7, 11) is 0. The predicted octanol–water partition coefficient (Wildman–Crippen LogP) is 4.78. The third-order valence-electron chi connectivity index (χ3n) is 9.69. The average Bonchev–Trinajstić information content (AvgIpc) is 3.17. The molecule has 2 rings (SSSR count). The van der Waals surface area contributed by atoms with E-state index in [9.17, 15) is 48.5 Å². The number of aliphatic carboxylic acids is 1. The normalized spacial score (nSPS) is 17.4. The summed E-state index contributed by atoms with van der Waals surface area (Å²) < 4.78 is 19.1. The molecule has 1 fully saturated rings. The van der Waals surface area contributed by atoms with Crippen LogP contribution < -0.4 is 16.1 Å². The van der Waals surface area contributed by atoms with E-state index in [1.165, 1.54) is 25.1 Å². The number of carbonyl (C=O) groups is 6. The van der Waals surface area contributed by atoms with Crippen LogP contribution >= 0.6 is 0 Å². The van der Waals surface area contributed by atoms with Gasteiger partial charge in [0.15, 0.2) is 0 Å². The number of hydrogen-bond acceptors (Lipinski definition) is 10. The van der Waals surface area contributed by atoms with Gasteiger partial charge in [0.2, 0.25) is 11.8 Å². The molecular formula is C44H61FN4O10. The fraction of sp³-hybridized carbons (Fsp3) is 0.500. The molecule has 1 heterocycles. The molecule has 6 atom stereocenters. The van der Waals surface area contributed by atoms with E-state index in [0.717, 1.165) is 35.6 Å². The molecule has 0 radical (unpaired) electrons. The SMILES string of the molecule is C=CCOC(=O)/C=C/C=C(\C)CC/C=C/C=C/C[C@H](C)[C@@H](O)[C@@H](CCC(C)=O)C(=O)N[C@H](C(=O)N[C@@H](Cc1cc(O)cc(F)c1)C(=O)N1CCCC(C(=O)O)N1)C(C)C. The molecule has 0 spiro atoms. The number of phenols is 1. The van der Waals surface area contributed by atoms with Gasteiger partial charge in [-0.2, -0.15) is 0 Å². The number of aliphatic hydroxyl groups is 1. The molecule has 59 heavy (non-hydrogen) atoms. The summed E-state index contributed by atoms with van der Waals surface area (Å²) in [4.78, 5) is 76.7. The fourth-order valence-corrected chi connectivity index (χ4v) is 6.33. The molecule has 1 aromatic carbocycles. The number of allylic oxidation sites excluding steroid dienone is 7. The van der Waals surface area contributed by atoms with Crippen molar-refractivity contribution >= 4 is 35.4 Å². The van der Waals surface area contributed by atoms with Crippen molar-refractivity contribution in [3.05, 3.63) is 90.3 Å². The lowest BCUT2D eigenvalue weighted by atomic mass is 9.85. The number of aromatic hydroxyl groups is 1. The van der Waals surface area contributed by atoms with Crippen molar-refractivity contribution in [3.8, 4) is 5.75 Å². The lowest BCUT2D eigenvalue weighted by Crippen LogP contribution is -2.62. The second kappa shape index (κ2) is 25.8. The molecule has 1 aliphatic rings. The van der Waals surface area contributed by atoms with Gasteiger partial charge in [-0.3, -0.25) is 24.2 Å². The zero-order valence-electron chi connectivity index (χ0n) is 34.7. The standard InChI is InChI=1S/C44H61FN4O10/c1-7-23-59-38(52)19-13-16-29(4)15-11-9-8-10-12-17-30(5)40(53)35(21-20-31(6)50)41(54)47-39(28(2)3)42(55)46-37(26-32-24-33(45)27-34(51)25-32)43(56)49-22-14-18-36(48-49)44(57)58/h7-10,12-13,16,19,24-25,27-28,30,35-37,39-40,48,51,53H,1,11,14-15,17-18,20-23,26H2,2-6H3,(H,46,55)(H,47,54)(H,57,58)/b9-8+,12-10+,19-13+,29-16+/t30-,35+,36?,37-,39-,40+/m0/s1. The van der Waals surface area contributed by atoms with E-state index in [-0.39, 0.29) is 50.2 Å². The van der Waals surface area contributed by atoms with Crippen molar-refractivity contribution < 1.29 is 53.2 Å². The minimum atomic E-state index is -1.36. The number of benzene rings is 1. The number of ketones is 1. The summed E-state index contributed by atoms with van der Waals surface area (Å²) in [6, 6.07) is -0.384. The second-order valence-electron chi connectivity index (χ2n) is 15.2. The first-order valence-electron chi connectivity index (χ1n) is 19.9. The monoisotopic (exact) mass is 824 g/mol. The first kappa shape index (κ1) is 49.7. The summed E-state index contributed by atoms with van der Waals surface area (Å²) in [5, 5.41) is 37.4. The second-order valence-corrected chi connectivity index (χ2v) is 15.2. The van der Waals surface area contributed by atoms with E-state index in [0.29, 0.717) is 12.8 Å². The number of carboxylic acid groups (broad SMARTS) is 1. The van der Waals surface area contributed by atoms with Crippen LogP contribution in [0.25, 0.3) is 0 Å². The molecule has 0 aliphatic carbocycles. The number of hydrogen-bond donors (Lipinski definition) is 6. The summed E-state index contributed by atoms with van der Waals surface area (Å²) in [6.45, 7) is 12.2. The van der Waals surface area contributed by atoms with Gasteiger partial charge < -0.3 is 35.5 Å². The molecule has 1 unspecified atom stereocenters. The minimum absolute atomic E-state index is 0.0132. The quantitative estimate of drug-likeness (QED) is 0.0362. The maximum atomic E-state index is 14.2. The molecule has 324 valence electrons. The van der Waals surface area contributed by atoms with E-state index in [2.05, 4.69) is 22.6 Å². The molecule has 0 saturated carbocycles. The summed E-state index contributed by atoms with van der Waals surface area (Å²) in [6.07, 6.45) is 15.0. The van der Waals surface area contributed by atoms with Crippen molar-refractivity contribution in [2.75, 3.05) is 13.2 Å². The third kappa shape index (κ3) is 18.4. The summed E-state index contributed by atoms with van der Waals surface area (Å²) in [5.41, 5.74) is 3.91. The first-order valence-corrected chi connectivity index (χ1v) is 19.9. The van der Waals surface area contributed by atoms with Gasteiger partial charge >= 0.3 is 11.9 Å². The van der Waals surface area contributed by atoms with Gasteiger partial charge in [-0.15, -0.1) is 0 Å². The number of carbonyl (C=O) groups excluding carboxylic acids is 5. The Hall–Kier alpha value is -5.41. The molecule has 1 saturated heterocycles. The molecule has 6 N–H and O–H groups in total. The Balaban J connectivity index is 2.15. The van der Waals surface area contributed by atoms with E-state index in [1.54, 1.807) is 26.8 Å². The number of hydrazine groups is 1. The van der Waals surface area contributed by atoms with Gasteiger partial charge in [-0.25, -0.2) is 14.6 Å². The largest absolute Gasteiger partial charge is 0.508 e.